The van der Waals surface area contributed by atoms with Gasteiger partial charge < -0.3 is 10.6 Å². The van der Waals surface area contributed by atoms with Crippen LogP contribution in [0, 0.1) is 5.82 Å². The van der Waals surface area contributed by atoms with Gasteiger partial charge in [-0.2, -0.15) is 13.2 Å². The first kappa shape index (κ1) is 20.9. The Morgan fingerprint density at radius 3 is 2.45 bits per heavy atom. The van der Waals surface area contributed by atoms with Gasteiger partial charge in [0.25, 0.3) is 0 Å². The summed E-state index contributed by atoms with van der Waals surface area (Å²) < 4.78 is 51.5. The summed E-state index contributed by atoms with van der Waals surface area (Å²) in [4.78, 5) is 3.92. The fourth-order valence-electron chi connectivity index (χ4n) is 1.75. The molecule has 0 aliphatic carbocycles. The molecule has 126 valence electrons. The number of guanidine groups is 1. The third-order valence-corrected chi connectivity index (χ3v) is 2.87. The van der Waals surface area contributed by atoms with Gasteiger partial charge in [-0.1, -0.05) is 19.4 Å². The molecule has 1 rings (SSSR count). The normalized spacial score (nSPS) is 11.8. The van der Waals surface area contributed by atoms with Crippen LogP contribution in [0.2, 0.25) is 0 Å². The van der Waals surface area contributed by atoms with Crippen LogP contribution in [-0.4, -0.2) is 19.6 Å². The van der Waals surface area contributed by atoms with Gasteiger partial charge in [0.2, 0.25) is 0 Å². The van der Waals surface area contributed by atoms with E-state index in [9.17, 15) is 17.6 Å². The van der Waals surface area contributed by atoms with Crippen LogP contribution < -0.4 is 10.6 Å². The van der Waals surface area contributed by atoms with Crippen molar-refractivity contribution in [2.45, 2.75) is 32.5 Å². The number of unbranched alkanes of at least 4 members (excludes halogenated alkanes) is 1. The standard InChI is InChI=1S/C14H19F4N3.HI/c1-3-4-7-20-13(19-2)21-9-10-5-6-11(15)8-12(10)14(16,17)18;/h5-6,8H,3-4,7,9H2,1-2H3,(H2,19,20,21);1H. The molecular formula is C14H20F4IN3. The van der Waals surface area contributed by atoms with Crippen molar-refractivity contribution in [2.75, 3.05) is 13.6 Å². The van der Waals surface area contributed by atoms with Crippen molar-refractivity contribution in [1.29, 1.82) is 0 Å². The van der Waals surface area contributed by atoms with Crippen LogP contribution in [0.1, 0.15) is 30.9 Å². The van der Waals surface area contributed by atoms with Crippen LogP contribution in [0.5, 0.6) is 0 Å². The molecule has 3 nitrogen and oxygen atoms in total. The maximum Gasteiger partial charge on any atom is 0.416 e. The third kappa shape index (κ3) is 6.80. The Labute approximate surface area is 144 Å². The Morgan fingerprint density at radius 2 is 1.91 bits per heavy atom. The molecule has 0 heterocycles. The minimum Gasteiger partial charge on any atom is -0.356 e. The maximum absolute atomic E-state index is 13.0. The number of nitrogens with one attached hydrogen (secondary N) is 2. The summed E-state index contributed by atoms with van der Waals surface area (Å²) in [6, 6.07) is 2.65. The topological polar surface area (TPSA) is 36.4 Å². The molecule has 0 fully saturated rings. The van der Waals surface area contributed by atoms with Crippen LogP contribution in [-0.2, 0) is 12.7 Å². The lowest BCUT2D eigenvalue weighted by atomic mass is 10.1. The van der Waals surface area contributed by atoms with Gasteiger partial charge in [0.15, 0.2) is 5.96 Å². The van der Waals surface area contributed by atoms with Crippen molar-refractivity contribution in [2.24, 2.45) is 4.99 Å². The Morgan fingerprint density at radius 1 is 1.23 bits per heavy atom. The molecule has 22 heavy (non-hydrogen) atoms. The summed E-state index contributed by atoms with van der Waals surface area (Å²) in [5.41, 5.74) is -0.999. The molecule has 0 atom stereocenters. The predicted octanol–water partition coefficient (Wildman–Crippen LogP) is 3.93. The fourth-order valence-corrected chi connectivity index (χ4v) is 1.75. The first-order valence-electron chi connectivity index (χ1n) is 6.68. The molecule has 1 aromatic rings. The largest absolute Gasteiger partial charge is 0.416 e. The molecular weight excluding hydrogens is 413 g/mol. The second-order valence-electron chi connectivity index (χ2n) is 4.51. The van der Waals surface area contributed by atoms with E-state index >= 15 is 0 Å². The SMILES string of the molecule is CCCCNC(=NC)NCc1ccc(F)cc1C(F)(F)F.I. The van der Waals surface area contributed by atoms with E-state index in [1.807, 2.05) is 6.92 Å². The van der Waals surface area contributed by atoms with Crippen molar-refractivity contribution in [3.8, 4) is 0 Å². The highest BCUT2D eigenvalue weighted by atomic mass is 127. The minimum absolute atomic E-state index is 0. The number of aliphatic imine (C=N–C) groups is 1. The lowest BCUT2D eigenvalue weighted by Crippen LogP contribution is -2.37. The summed E-state index contributed by atoms with van der Waals surface area (Å²) >= 11 is 0. The lowest BCUT2D eigenvalue weighted by Gasteiger charge is -2.15. The van der Waals surface area contributed by atoms with E-state index in [0.29, 0.717) is 18.6 Å². The first-order valence-corrected chi connectivity index (χ1v) is 6.68. The fraction of sp³-hybridized carbons (Fsp3) is 0.500. The molecule has 0 aliphatic heterocycles. The summed E-state index contributed by atoms with van der Waals surface area (Å²) in [7, 11) is 1.54. The molecule has 0 unspecified atom stereocenters. The zero-order chi connectivity index (χ0) is 15.9. The van der Waals surface area contributed by atoms with Gasteiger partial charge in [0, 0.05) is 20.1 Å². The summed E-state index contributed by atoms with van der Waals surface area (Å²) in [5, 5.41) is 5.79. The molecule has 0 aromatic heterocycles. The molecule has 0 saturated heterocycles. The average Bonchev–Trinajstić information content (AvgIpc) is 2.42. The van der Waals surface area contributed by atoms with Crippen molar-refractivity contribution < 1.29 is 17.6 Å². The highest BCUT2D eigenvalue weighted by Gasteiger charge is 2.33. The molecule has 8 heteroatoms. The first-order chi connectivity index (χ1) is 9.88. The molecule has 0 amide bonds. The Balaban J connectivity index is 0.00000441. The Kier molecular flexibility index (Phi) is 9.38. The number of benzene rings is 1. The number of hydrogen-bond donors (Lipinski definition) is 2. The van der Waals surface area contributed by atoms with E-state index in [1.54, 1.807) is 0 Å². The number of alkyl halides is 3. The van der Waals surface area contributed by atoms with E-state index < -0.39 is 17.6 Å². The zero-order valence-corrected chi connectivity index (χ0v) is 14.8. The van der Waals surface area contributed by atoms with E-state index in [-0.39, 0.29) is 36.1 Å². The minimum atomic E-state index is -4.59. The number of halogens is 5. The van der Waals surface area contributed by atoms with Gasteiger partial charge in [0.1, 0.15) is 5.82 Å². The predicted molar refractivity (Wildman–Crippen MR) is 89.9 cm³/mol. The van der Waals surface area contributed by atoms with Gasteiger partial charge in [0.05, 0.1) is 5.56 Å². The molecule has 0 saturated carbocycles. The van der Waals surface area contributed by atoms with Crippen LogP contribution in [0.25, 0.3) is 0 Å². The van der Waals surface area contributed by atoms with E-state index in [2.05, 4.69) is 15.6 Å². The number of nitrogens with zero attached hydrogens (tertiary/aromatic N) is 1. The van der Waals surface area contributed by atoms with Crippen LogP contribution in [0.3, 0.4) is 0 Å². The van der Waals surface area contributed by atoms with Crippen LogP contribution in [0.4, 0.5) is 17.6 Å². The van der Waals surface area contributed by atoms with E-state index in [0.717, 1.165) is 25.0 Å². The van der Waals surface area contributed by atoms with Crippen LogP contribution >= 0.6 is 24.0 Å². The van der Waals surface area contributed by atoms with Crippen molar-refractivity contribution in [3.63, 3.8) is 0 Å². The number of rotatable bonds is 5. The molecule has 1 aromatic carbocycles. The van der Waals surface area contributed by atoms with E-state index in [1.165, 1.54) is 7.05 Å². The molecule has 2 N–H and O–H groups in total. The average molecular weight is 433 g/mol. The molecule has 0 radical (unpaired) electrons. The molecule has 0 spiro atoms. The molecule has 0 aliphatic rings. The summed E-state index contributed by atoms with van der Waals surface area (Å²) in [5.74, 6) is -0.488. The Hall–Kier alpha value is -1.06. The third-order valence-electron chi connectivity index (χ3n) is 2.87. The van der Waals surface area contributed by atoms with Crippen molar-refractivity contribution in [1.82, 2.24) is 10.6 Å². The number of hydrogen-bond acceptors (Lipinski definition) is 1. The highest BCUT2D eigenvalue weighted by molar-refractivity contribution is 14.0. The van der Waals surface area contributed by atoms with Crippen LogP contribution in [0.15, 0.2) is 23.2 Å². The zero-order valence-electron chi connectivity index (χ0n) is 12.4. The van der Waals surface area contributed by atoms with Gasteiger partial charge >= 0.3 is 6.18 Å². The second kappa shape index (κ2) is 9.86. The summed E-state index contributed by atoms with van der Waals surface area (Å²) in [6.07, 6.45) is -2.65. The van der Waals surface area contributed by atoms with Gasteiger partial charge in [-0.15, -0.1) is 24.0 Å². The molecule has 0 bridgehead atoms. The van der Waals surface area contributed by atoms with Gasteiger partial charge in [-0.25, -0.2) is 4.39 Å². The highest BCUT2D eigenvalue weighted by Crippen LogP contribution is 2.32. The smallest absolute Gasteiger partial charge is 0.356 e. The monoisotopic (exact) mass is 433 g/mol. The maximum atomic E-state index is 13.0. The lowest BCUT2D eigenvalue weighted by molar-refractivity contribution is -0.138. The van der Waals surface area contributed by atoms with E-state index in [4.69, 9.17) is 0 Å². The van der Waals surface area contributed by atoms with Crippen molar-refractivity contribution in [3.05, 3.63) is 35.1 Å². The van der Waals surface area contributed by atoms with Crippen molar-refractivity contribution >= 4 is 29.9 Å². The summed E-state index contributed by atoms with van der Waals surface area (Å²) in [6.45, 7) is 2.64. The second-order valence-corrected chi connectivity index (χ2v) is 4.51. The quantitative estimate of drug-likeness (QED) is 0.243. The van der Waals surface area contributed by atoms with Gasteiger partial charge in [-0.3, -0.25) is 4.99 Å². The van der Waals surface area contributed by atoms with Gasteiger partial charge in [-0.05, 0) is 24.1 Å². The Bertz CT molecular complexity index is 489.